The predicted molar refractivity (Wildman–Crippen MR) is 66.6 cm³/mol. The molecule has 0 spiro atoms. The van der Waals surface area contributed by atoms with Crippen molar-refractivity contribution in [2.24, 2.45) is 0 Å². The number of nitrogens with one attached hydrogen (secondary N) is 2. The van der Waals surface area contributed by atoms with Crippen LogP contribution in [0.15, 0.2) is 30.3 Å². The number of H-pyrrole nitrogens is 1. The third-order valence-electron chi connectivity index (χ3n) is 2.39. The monoisotopic (exact) mass is 247 g/mol. The van der Waals surface area contributed by atoms with E-state index in [2.05, 4.69) is 20.3 Å². The van der Waals surface area contributed by atoms with Crippen LogP contribution in [-0.2, 0) is 4.74 Å². The second-order valence-corrected chi connectivity index (χ2v) is 3.51. The predicted octanol–water partition coefficient (Wildman–Crippen LogP) is 2.26. The summed E-state index contributed by atoms with van der Waals surface area (Å²) in [4.78, 5) is 11.0. The average Bonchev–Trinajstić information content (AvgIpc) is 2.87. The van der Waals surface area contributed by atoms with Gasteiger partial charge < -0.3 is 9.47 Å². The Balaban J connectivity index is 2.15. The maximum absolute atomic E-state index is 11.0. The Morgan fingerprint density at radius 3 is 2.61 bits per heavy atom. The molecule has 0 saturated carbocycles. The van der Waals surface area contributed by atoms with Gasteiger partial charge in [0.05, 0.1) is 19.9 Å². The van der Waals surface area contributed by atoms with E-state index in [4.69, 9.17) is 4.74 Å². The third kappa shape index (κ3) is 2.60. The minimum atomic E-state index is -0.553. The van der Waals surface area contributed by atoms with E-state index in [0.717, 1.165) is 17.0 Å². The number of carbonyl (C=O) groups is 1. The molecule has 6 heteroatoms. The lowest BCUT2D eigenvalue weighted by molar-refractivity contribution is 0.187. The molecule has 18 heavy (non-hydrogen) atoms. The lowest BCUT2D eigenvalue weighted by atomic mass is 10.1. The van der Waals surface area contributed by atoms with Crippen LogP contribution in [0.1, 0.15) is 0 Å². The summed E-state index contributed by atoms with van der Waals surface area (Å²) in [6.45, 7) is 0. The molecule has 0 aliphatic rings. The molecule has 0 bridgehead atoms. The van der Waals surface area contributed by atoms with E-state index in [1.165, 1.54) is 7.11 Å². The Morgan fingerprint density at radius 2 is 2.00 bits per heavy atom. The fraction of sp³-hybridized carbons (Fsp3) is 0.167. The van der Waals surface area contributed by atoms with Gasteiger partial charge in [0.2, 0.25) is 0 Å². The van der Waals surface area contributed by atoms with Crippen molar-refractivity contribution in [1.29, 1.82) is 0 Å². The van der Waals surface area contributed by atoms with Crippen LogP contribution in [0.25, 0.3) is 11.3 Å². The molecule has 2 N–H and O–H groups in total. The summed E-state index contributed by atoms with van der Waals surface area (Å²) in [6, 6.07) is 9.22. The minimum absolute atomic E-state index is 0.410. The highest BCUT2D eigenvalue weighted by atomic mass is 16.5. The number of aromatic nitrogens is 2. The number of hydrogen-bond acceptors (Lipinski definition) is 4. The van der Waals surface area contributed by atoms with Crippen molar-refractivity contribution in [2.75, 3.05) is 19.5 Å². The van der Waals surface area contributed by atoms with Gasteiger partial charge in [-0.15, -0.1) is 0 Å². The fourth-order valence-corrected chi connectivity index (χ4v) is 1.46. The normalized spacial score (nSPS) is 9.89. The molecular weight excluding hydrogens is 234 g/mol. The third-order valence-corrected chi connectivity index (χ3v) is 2.39. The summed E-state index contributed by atoms with van der Waals surface area (Å²) in [6.07, 6.45) is -0.553. The summed E-state index contributed by atoms with van der Waals surface area (Å²) < 4.78 is 9.56. The lowest BCUT2D eigenvalue weighted by Crippen LogP contribution is -2.10. The number of rotatable bonds is 3. The maximum Gasteiger partial charge on any atom is 0.412 e. The highest BCUT2D eigenvalue weighted by Crippen LogP contribution is 2.22. The van der Waals surface area contributed by atoms with Gasteiger partial charge in [-0.3, -0.25) is 10.4 Å². The SMILES string of the molecule is COC(=O)Nc1cc(-c2ccc(OC)cc2)[nH]n1. The van der Waals surface area contributed by atoms with Crippen molar-refractivity contribution in [2.45, 2.75) is 0 Å². The molecule has 0 aliphatic carbocycles. The van der Waals surface area contributed by atoms with Gasteiger partial charge in [0.25, 0.3) is 0 Å². The summed E-state index contributed by atoms with van der Waals surface area (Å²) >= 11 is 0. The van der Waals surface area contributed by atoms with Gasteiger partial charge in [0.15, 0.2) is 5.82 Å². The summed E-state index contributed by atoms with van der Waals surface area (Å²) in [5.41, 5.74) is 1.74. The molecule has 0 radical (unpaired) electrons. The zero-order valence-electron chi connectivity index (χ0n) is 10.1. The highest BCUT2D eigenvalue weighted by molar-refractivity contribution is 5.84. The van der Waals surface area contributed by atoms with Crippen molar-refractivity contribution >= 4 is 11.9 Å². The van der Waals surface area contributed by atoms with E-state index in [1.807, 2.05) is 24.3 Å². The van der Waals surface area contributed by atoms with E-state index < -0.39 is 6.09 Å². The van der Waals surface area contributed by atoms with Crippen LogP contribution >= 0.6 is 0 Å². The van der Waals surface area contributed by atoms with Crippen LogP contribution in [0.5, 0.6) is 5.75 Å². The molecule has 1 aromatic heterocycles. The second kappa shape index (κ2) is 5.22. The Hall–Kier alpha value is -2.50. The number of benzene rings is 1. The Labute approximate surface area is 104 Å². The number of nitrogens with zero attached hydrogens (tertiary/aromatic N) is 1. The molecular formula is C12H13N3O3. The van der Waals surface area contributed by atoms with Gasteiger partial charge >= 0.3 is 6.09 Å². The van der Waals surface area contributed by atoms with Crippen molar-refractivity contribution < 1.29 is 14.3 Å². The van der Waals surface area contributed by atoms with Crippen molar-refractivity contribution in [3.8, 4) is 17.0 Å². The zero-order chi connectivity index (χ0) is 13.0. The number of aromatic amines is 1. The largest absolute Gasteiger partial charge is 0.497 e. The Morgan fingerprint density at radius 1 is 1.28 bits per heavy atom. The van der Waals surface area contributed by atoms with Crippen LogP contribution in [-0.4, -0.2) is 30.5 Å². The second-order valence-electron chi connectivity index (χ2n) is 3.51. The summed E-state index contributed by atoms with van der Waals surface area (Å²) in [7, 11) is 2.91. The van der Waals surface area contributed by atoms with Gasteiger partial charge in [-0.1, -0.05) is 0 Å². The van der Waals surface area contributed by atoms with Gasteiger partial charge in [-0.05, 0) is 29.8 Å². The molecule has 6 nitrogen and oxygen atoms in total. The molecule has 1 aromatic carbocycles. The molecule has 1 heterocycles. The Bertz CT molecular complexity index is 534. The smallest absolute Gasteiger partial charge is 0.412 e. The molecule has 94 valence electrons. The minimum Gasteiger partial charge on any atom is -0.497 e. The van der Waals surface area contributed by atoms with Gasteiger partial charge in [-0.2, -0.15) is 5.10 Å². The van der Waals surface area contributed by atoms with Gasteiger partial charge in [0, 0.05) is 6.07 Å². The van der Waals surface area contributed by atoms with E-state index in [0.29, 0.717) is 5.82 Å². The number of hydrogen-bond donors (Lipinski definition) is 2. The highest BCUT2D eigenvalue weighted by Gasteiger charge is 2.06. The first-order chi connectivity index (χ1) is 8.72. The average molecular weight is 247 g/mol. The van der Waals surface area contributed by atoms with Gasteiger partial charge in [-0.25, -0.2) is 4.79 Å². The molecule has 0 unspecified atom stereocenters. The van der Waals surface area contributed by atoms with Crippen LogP contribution in [0, 0.1) is 0 Å². The molecule has 0 atom stereocenters. The summed E-state index contributed by atoms with van der Waals surface area (Å²) in [5.74, 6) is 1.19. The zero-order valence-corrected chi connectivity index (χ0v) is 10.1. The van der Waals surface area contributed by atoms with E-state index in [-0.39, 0.29) is 0 Å². The van der Waals surface area contributed by atoms with Crippen LogP contribution < -0.4 is 10.1 Å². The first-order valence-corrected chi connectivity index (χ1v) is 5.27. The lowest BCUT2D eigenvalue weighted by Gasteiger charge is -2.00. The number of amides is 1. The van der Waals surface area contributed by atoms with Crippen LogP contribution in [0.2, 0.25) is 0 Å². The topological polar surface area (TPSA) is 76.2 Å². The van der Waals surface area contributed by atoms with Crippen LogP contribution in [0.3, 0.4) is 0 Å². The number of anilines is 1. The van der Waals surface area contributed by atoms with Gasteiger partial charge in [0.1, 0.15) is 5.75 Å². The first kappa shape index (κ1) is 12.0. The quantitative estimate of drug-likeness (QED) is 0.872. The molecule has 2 rings (SSSR count). The molecule has 2 aromatic rings. The molecule has 0 aliphatic heterocycles. The fourth-order valence-electron chi connectivity index (χ4n) is 1.46. The van der Waals surface area contributed by atoms with E-state index >= 15 is 0 Å². The number of ether oxygens (including phenoxy) is 2. The standard InChI is InChI=1S/C12H13N3O3/c1-17-9-5-3-8(4-6-9)10-7-11(15-14-10)13-12(16)18-2/h3-7H,1-2H3,(H2,13,14,15,16). The summed E-state index contributed by atoms with van der Waals surface area (Å²) in [5, 5.41) is 9.26. The molecule has 1 amide bonds. The first-order valence-electron chi connectivity index (χ1n) is 5.27. The molecule has 0 fully saturated rings. The number of carbonyl (C=O) groups excluding carboxylic acids is 1. The maximum atomic E-state index is 11.0. The van der Waals surface area contributed by atoms with Crippen molar-refractivity contribution in [3.05, 3.63) is 30.3 Å². The van der Waals surface area contributed by atoms with Crippen molar-refractivity contribution in [3.63, 3.8) is 0 Å². The Kier molecular flexibility index (Phi) is 3.47. The molecule has 0 saturated heterocycles. The van der Waals surface area contributed by atoms with Crippen LogP contribution in [0.4, 0.5) is 10.6 Å². The van der Waals surface area contributed by atoms with E-state index in [1.54, 1.807) is 13.2 Å². The van der Waals surface area contributed by atoms with E-state index in [9.17, 15) is 4.79 Å². The number of methoxy groups -OCH3 is 2. The van der Waals surface area contributed by atoms with Crippen molar-refractivity contribution in [1.82, 2.24) is 10.2 Å².